The highest BCUT2D eigenvalue weighted by Crippen LogP contribution is 2.05. The number of nitrogens with one attached hydrogen (secondary N) is 1. The Kier molecular flexibility index (Phi) is 3.11. The van der Waals surface area contributed by atoms with Crippen molar-refractivity contribution in [3.8, 4) is 0 Å². The number of hydrogen-bond donors (Lipinski definition) is 1. The molecule has 0 fully saturated rings. The van der Waals surface area contributed by atoms with Gasteiger partial charge in [-0.25, -0.2) is 0 Å². The molecule has 0 bridgehead atoms. The summed E-state index contributed by atoms with van der Waals surface area (Å²) in [4.78, 5) is 10.4. The van der Waals surface area contributed by atoms with Crippen molar-refractivity contribution >= 4 is 17.0 Å². The van der Waals surface area contributed by atoms with Crippen LogP contribution in [0.5, 0.6) is 0 Å². The summed E-state index contributed by atoms with van der Waals surface area (Å²) in [7, 11) is 0. The van der Waals surface area contributed by atoms with E-state index in [0.717, 1.165) is 11.1 Å². The molecule has 3 heteroatoms. The quantitative estimate of drug-likeness (QED) is 0.554. The minimum Gasteiger partial charge on any atom is -0.339 e. The molecule has 0 heterocycles. The van der Waals surface area contributed by atoms with Gasteiger partial charge in [-0.15, -0.1) is 0 Å². The van der Waals surface area contributed by atoms with Crippen molar-refractivity contribution in [1.82, 2.24) is 5.32 Å². The first-order valence-electron chi connectivity index (χ1n) is 3.68. The van der Waals surface area contributed by atoms with Crippen LogP contribution in [0.3, 0.4) is 0 Å². The number of benzene rings is 1. The van der Waals surface area contributed by atoms with Crippen molar-refractivity contribution in [1.29, 1.82) is 0 Å². The van der Waals surface area contributed by atoms with Gasteiger partial charge >= 0.3 is 5.37 Å². The molecule has 0 atom stereocenters. The molecule has 0 spiro atoms. The molecule has 0 radical (unpaired) electrons. The second-order valence-electron chi connectivity index (χ2n) is 2.55. The van der Waals surface area contributed by atoms with Crippen LogP contribution in [0, 0.1) is 6.92 Å². The molecule has 0 saturated carbocycles. The standard InChI is InChI=1S/C9H10ClNO/c1-7-4-2-3-5-8(7)6-11-9(10)12/h2-5H,6H2,1H3,(H,11,12). The van der Waals surface area contributed by atoms with Crippen LogP contribution in [0.1, 0.15) is 11.1 Å². The fourth-order valence-corrected chi connectivity index (χ4v) is 1.04. The lowest BCUT2D eigenvalue weighted by Crippen LogP contribution is -2.15. The lowest BCUT2D eigenvalue weighted by Gasteiger charge is -2.03. The molecule has 0 aliphatic rings. The van der Waals surface area contributed by atoms with E-state index < -0.39 is 5.37 Å². The van der Waals surface area contributed by atoms with Gasteiger partial charge in [0, 0.05) is 6.54 Å². The number of carbonyl (C=O) groups excluding carboxylic acids is 1. The summed E-state index contributed by atoms with van der Waals surface area (Å²) in [6, 6.07) is 7.85. The van der Waals surface area contributed by atoms with Crippen LogP contribution in [0.25, 0.3) is 0 Å². The van der Waals surface area contributed by atoms with Gasteiger partial charge in [0.15, 0.2) is 0 Å². The molecule has 1 N–H and O–H groups in total. The SMILES string of the molecule is Cc1ccccc1CNC(=O)Cl. The molecular formula is C9H10ClNO. The average molecular weight is 184 g/mol. The molecule has 0 unspecified atom stereocenters. The highest BCUT2D eigenvalue weighted by Gasteiger charge is 1.97. The van der Waals surface area contributed by atoms with Gasteiger partial charge in [-0.2, -0.15) is 0 Å². The molecular weight excluding hydrogens is 174 g/mol. The maximum atomic E-state index is 10.4. The molecule has 0 saturated heterocycles. The third-order valence-corrected chi connectivity index (χ3v) is 1.81. The number of aryl methyl sites for hydroxylation is 1. The summed E-state index contributed by atoms with van der Waals surface area (Å²) in [5, 5.41) is 2.01. The summed E-state index contributed by atoms with van der Waals surface area (Å²) in [5.74, 6) is 0. The lowest BCUT2D eigenvalue weighted by atomic mass is 10.1. The van der Waals surface area contributed by atoms with E-state index >= 15 is 0 Å². The minimum absolute atomic E-state index is 0.495. The molecule has 0 aliphatic heterocycles. The predicted octanol–water partition coefficient (Wildman–Crippen LogP) is 2.44. The van der Waals surface area contributed by atoms with E-state index in [4.69, 9.17) is 11.6 Å². The van der Waals surface area contributed by atoms with Crippen LogP contribution >= 0.6 is 11.6 Å². The minimum atomic E-state index is -0.516. The van der Waals surface area contributed by atoms with Gasteiger partial charge in [-0.1, -0.05) is 24.3 Å². The topological polar surface area (TPSA) is 29.1 Å². The van der Waals surface area contributed by atoms with Crippen molar-refractivity contribution in [3.63, 3.8) is 0 Å². The number of hydrogen-bond acceptors (Lipinski definition) is 1. The summed E-state index contributed by atoms with van der Waals surface area (Å²) >= 11 is 5.13. The zero-order valence-electron chi connectivity index (χ0n) is 6.80. The summed E-state index contributed by atoms with van der Waals surface area (Å²) in [5.41, 5.74) is 2.24. The normalized spacial score (nSPS) is 9.50. The molecule has 64 valence electrons. The second-order valence-corrected chi connectivity index (χ2v) is 2.90. The van der Waals surface area contributed by atoms with E-state index in [9.17, 15) is 4.79 Å². The third-order valence-electron chi connectivity index (χ3n) is 1.68. The molecule has 2 nitrogen and oxygen atoms in total. The number of carbonyl (C=O) groups is 1. The van der Waals surface area contributed by atoms with Crippen LogP contribution in [-0.4, -0.2) is 5.37 Å². The Morgan fingerprint density at radius 2 is 2.17 bits per heavy atom. The van der Waals surface area contributed by atoms with Crippen LogP contribution in [0.15, 0.2) is 24.3 Å². The molecule has 0 aliphatic carbocycles. The fourth-order valence-electron chi connectivity index (χ4n) is 0.973. The van der Waals surface area contributed by atoms with Crippen molar-refractivity contribution in [2.75, 3.05) is 0 Å². The summed E-state index contributed by atoms with van der Waals surface area (Å²) < 4.78 is 0. The first-order valence-corrected chi connectivity index (χ1v) is 4.06. The van der Waals surface area contributed by atoms with Crippen molar-refractivity contribution in [2.45, 2.75) is 13.5 Å². The van der Waals surface area contributed by atoms with Gasteiger partial charge < -0.3 is 5.32 Å². The van der Waals surface area contributed by atoms with E-state index in [1.807, 2.05) is 31.2 Å². The maximum absolute atomic E-state index is 10.4. The van der Waals surface area contributed by atoms with E-state index in [-0.39, 0.29) is 0 Å². The molecule has 1 rings (SSSR count). The number of amides is 1. The number of rotatable bonds is 2. The smallest absolute Gasteiger partial charge is 0.314 e. The van der Waals surface area contributed by atoms with Crippen molar-refractivity contribution in [3.05, 3.63) is 35.4 Å². The summed E-state index contributed by atoms with van der Waals surface area (Å²) in [6.07, 6.45) is 0. The number of halogens is 1. The highest BCUT2D eigenvalue weighted by molar-refractivity contribution is 6.62. The van der Waals surface area contributed by atoms with E-state index in [1.54, 1.807) is 0 Å². The van der Waals surface area contributed by atoms with Crippen LogP contribution < -0.4 is 5.32 Å². The van der Waals surface area contributed by atoms with Crippen LogP contribution in [-0.2, 0) is 6.54 Å². The first kappa shape index (κ1) is 9.07. The Labute approximate surface area is 76.5 Å². The van der Waals surface area contributed by atoms with Gasteiger partial charge in [0.1, 0.15) is 0 Å². The van der Waals surface area contributed by atoms with E-state index in [2.05, 4.69) is 5.32 Å². The van der Waals surface area contributed by atoms with Gasteiger partial charge in [0.05, 0.1) is 0 Å². The zero-order chi connectivity index (χ0) is 8.97. The Hall–Kier alpha value is -1.02. The Morgan fingerprint density at radius 1 is 1.50 bits per heavy atom. The maximum Gasteiger partial charge on any atom is 0.314 e. The molecule has 1 aromatic carbocycles. The van der Waals surface area contributed by atoms with Crippen molar-refractivity contribution in [2.24, 2.45) is 0 Å². The average Bonchev–Trinajstić information content (AvgIpc) is 2.03. The largest absolute Gasteiger partial charge is 0.339 e. The van der Waals surface area contributed by atoms with Gasteiger partial charge in [0.2, 0.25) is 0 Å². The Bertz CT molecular complexity index is 286. The van der Waals surface area contributed by atoms with E-state index in [1.165, 1.54) is 0 Å². The highest BCUT2D eigenvalue weighted by atomic mass is 35.5. The van der Waals surface area contributed by atoms with Crippen molar-refractivity contribution < 1.29 is 4.79 Å². The Morgan fingerprint density at radius 3 is 2.75 bits per heavy atom. The van der Waals surface area contributed by atoms with E-state index in [0.29, 0.717) is 6.54 Å². The second kappa shape index (κ2) is 4.12. The molecule has 0 aromatic heterocycles. The zero-order valence-corrected chi connectivity index (χ0v) is 7.56. The lowest BCUT2D eigenvalue weighted by molar-refractivity contribution is 0.259. The van der Waals surface area contributed by atoms with Crippen LogP contribution in [0.2, 0.25) is 0 Å². The Balaban J connectivity index is 2.63. The monoisotopic (exact) mass is 183 g/mol. The third kappa shape index (κ3) is 2.55. The summed E-state index contributed by atoms with van der Waals surface area (Å²) in [6.45, 7) is 2.49. The first-order chi connectivity index (χ1) is 5.70. The van der Waals surface area contributed by atoms with Crippen LogP contribution in [0.4, 0.5) is 4.79 Å². The molecule has 1 amide bonds. The van der Waals surface area contributed by atoms with Gasteiger partial charge in [-0.3, -0.25) is 4.79 Å². The van der Waals surface area contributed by atoms with Gasteiger partial charge in [0.25, 0.3) is 0 Å². The van der Waals surface area contributed by atoms with Gasteiger partial charge in [-0.05, 0) is 29.7 Å². The molecule has 1 aromatic rings. The fraction of sp³-hybridized carbons (Fsp3) is 0.222. The predicted molar refractivity (Wildman–Crippen MR) is 49.3 cm³/mol. The molecule has 12 heavy (non-hydrogen) atoms.